The first-order chi connectivity index (χ1) is 17.6. The summed E-state index contributed by atoms with van der Waals surface area (Å²) in [6.45, 7) is 3.27. The quantitative estimate of drug-likeness (QED) is 0.299. The highest BCUT2D eigenvalue weighted by Crippen LogP contribution is 2.39. The number of nitrogens with zero attached hydrogens (tertiary/aromatic N) is 1. The van der Waals surface area contributed by atoms with E-state index in [0.29, 0.717) is 17.4 Å². The highest BCUT2D eigenvalue weighted by molar-refractivity contribution is 9.08. The van der Waals surface area contributed by atoms with Crippen molar-refractivity contribution in [1.82, 2.24) is 4.90 Å². The molecule has 1 aliphatic heterocycles. The maximum Gasteiger partial charge on any atom is 0.166 e. The highest BCUT2D eigenvalue weighted by Gasteiger charge is 2.34. The largest absolute Gasteiger partial charge is 0.493 e. The van der Waals surface area contributed by atoms with Crippen LogP contribution in [0, 0.1) is 11.8 Å². The number of alkyl halides is 1. The fourth-order valence-corrected chi connectivity index (χ4v) is 5.65. The number of Topliss-reactive ketones (excluding diaryl/α,β-unsaturated/α-hetero) is 1. The van der Waals surface area contributed by atoms with Gasteiger partial charge in [-0.15, -0.1) is 0 Å². The number of hydrogen-bond acceptors (Lipinski definition) is 4. The maximum atomic E-state index is 12.9. The molecule has 0 saturated carbocycles. The molecule has 1 atom stereocenters. The molecule has 190 valence electrons. The monoisotopic (exact) mass is 549 g/mol. The molecule has 3 aromatic rings. The molecule has 36 heavy (non-hydrogen) atoms. The van der Waals surface area contributed by atoms with Gasteiger partial charge in [-0.1, -0.05) is 76.6 Å². The van der Waals surface area contributed by atoms with Crippen molar-refractivity contribution in [3.8, 4) is 11.5 Å². The average Bonchev–Trinajstić information content (AvgIpc) is 3.24. The van der Waals surface area contributed by atoms with Gasteiger partial charge >= 0.3 is 0 Å². The van der Waals surface area contributed by atoms with E-state index in [1.54, 1.807) is 14.2 Å². The summed E-state index contributed by atoms with van der Waals surface area (Å²) in [5.41, 5.74) is 4.64. The van der Waals surface area contributed by atoms with Crippen LogP contribution in [0.15, 0.2) is 72.8 Å². The summed E-state index contributed by atoms with van der Waals surface area (Å²) in [6.07, 6.45) is 4.19. The summed E-state index contributed by atoms with van der Waals surface area (Å²) >= 11 is 3.36. The summed E-state index contributed by atoms with van der Waals surface area (Å²) < 4.78 is 10.8. The second kappa shape index (κ2) is 13.1. The number of rotatable bonds is 7. The minimum atomic E-state index is 0.109. The Hall–Kier alpha value is -2.63. The normalized spacial score (nSPS) is 17.8. The lowest BCUT2D eigenvalue weighted by atomic mass is 9.85. The van der Waals surface area contributed by atoms with E-state index < -0.39 is 0 Å². The van der Waals surface area contributed by atoms with Crippen molar-refractivity contribution in [2.75, 3.05) is 27.3 Å². The first-order valence-electron chi connectivity index (χ1n) is 12.8. The Bertz CT molecular complexity index is 1110. The van der Waals surface area contributed by atoms with Crippen LogP contribution in [0.4, 0.5) is 0 Å². The summed E-state index contributed by atoms with van der Waals surface area (Å²) in [5, 5.41) is 0.952. The van der Waals surface area contributed by atoms with Crippen molar-refractivity contribution in [3.05, 3.63) is 95.1 Å². The fraction of sp³-hybridized carbons (Fsp3) is 0.387. The molecule has 1 fully saturated rings. The lowest BCUT2D eigenvalue weighted by Crippen LogP contribution is -2.34. The predicted molar refractivity (Wildman–Crippen MR) is 149 cm³/mol. The summed E-state index contributed by atoms with van der Waals surface area (Å²) in [5.74, 6) is 2.38. The van der Waals surface area contributed by atoms with Crippen molar-refractivity contribution in [3.63, 3.8) is 0 Å². The van der Waals surface area contributed by atoms with Crippen LogP contribution in [0.1, 0.15) is 46.3 Å². The number of ketones is 1. The van der Waals surface area contributed by atoms with Gasteiger partial charge in [-0.3, -0.25) is 9.69 Å². The van der Waals surface area contributed by atoms with Gasteiger partial charge in [0.2, 0.25) is 0 Å². The second-order valence-corrected chi connectivity index (χ2v) is 10.3. The van der Waals surface area contributed by atoms with Gasteiger partial charge in [0.05, 0.1) is 14.2 Å². The van der Waals surface area contributed by atoms with Crippen LogP contribution in [-0.2, 0) is 18.3 Å². The summed E-state index contributed by atoms with van der Waals surface area (Å²) in [4.78, 5) is 15.5. The molecule has 1 aliphatic carbocycles. The molecule has 5 rings (SSSR count). The van der Waals surface area contributed by atoms with E-state index >= 15 is 0 Å². The number of carbonyl (C=O) groups is 1. The standard InChI is InChI=1S/C24H29NO3.C7H7Br/c1-27-22-14-19-13-20(24(26)21(19)15-23(22)28-2)12-17-8-10-25(11-9-17)16-18-6-4-3-5-7-18;8-6-7-4-2-1-3-5-7/h3-7,14-15,17,20H,8-13,16H2,1-2H3;1-5H,6H2. The zero-order valence-corrected chi connectivity index (χ0v) is 22.9. The first-order valence-corrected chi connectivity index (χ1v) is 13.9. The third-order valence-electron chi connectivity index (χ3n) is 7.28. The van der Waals surface area contributed by atoms with Crippen molar-refractivity contribution < 1.29 is 14.3 Å². The number of fused-ring (bicyclic) bond motifs is 1. The zero-order valence-electron chi connectivity index (χ0n) is 21.3. The molecule has 0 bridgehead atoms. The van der Waals surface area contributed by atoms with Gasteiger partial charge in [0.15, 0.2) is 17.3 Å². The molecular formula is C31H36BrNO3. The van der Waals surface area contributed by atoms with Gasteiger partial charge in [0.1, 0.15) is 0 Å². The Morgan fingerprint density at radius 2 is 1.44 bits per heavy atom. The van der Waals surface area contributed by atoms with Gasteiger partial charge in [-0.2, -0.15) is 0 Å². The first kappa shape index (κ1) is 26.4. The second-order valence-electron chi connectivity index (χ2n) is 9.69. The third-order valence-corrected chi connectivity index (χ3v) is 7.93. The molecule has 5 heteroatoms. The number of methoxy groups -OCH3 is 2. The Balaban J connectivity index is 0.000000325. The number of hydrogen-bond donors (Lipinski definition) is 0. The Morgan fingerprint density at radius 1 is 0.861 bits per heavy atom. The Morgan fingerprint density at radius 3 is 2.00 bits per heavy atom. The Labute approximate surface area is 223 Å². The van der Waals surface area contributed by atoms with Crippen LogP contribution in [0.2, 0.25) is 0 Å². The average molecular weight is 551 g/mol. The molecule has 2 aliphatic rings. The van der Waals surface area contributed by atoms with Crippen LogP contribution in [0.3, 0.4) is 0 Å². The third kappa shape index (κ3) is 6.77. The molecule has 3 aromatic carbocycles. The molecule has 1 heterocycles. The number of carbonyl (C=O) groups excluding carboxylic acids is 1. The molecule has 0 radical (unpaired) electrons. The van der Waals surface area contributed by atoms with Gasteiger partial charge in [0, 0.05) is 23.4 Å². The molecule has 0 N–H and O–H groups in total. The number of benzene rings is 3. The van der Waals surface area contributed by atoms with E-state index in [0.717, 1.165) is 48.9 Å². The summed E-state index contributed by atoms with van der Waals surface area (Å²) in [6, 6.07) is 24.8. The van der Waals surface area contributed by atoms with Crippen LogP contribution < -0.4 is 9.47 Å². The molecule has 0 spiro atoms. The maximum absolute atomic E-state index is 12.9. The van der Waals surface area contributed by atoms with Gasteiger partial charge in [-0.05, 0) is 73.5 Å². The van der Waals surface area contributed by atoms with Crippen LogP contribution in [-0.4, -0.2) is 38.0 Å². The van der Waals surface area contributed by atoms with Crippen molar-refractivity contribution >= 4 is 21.7 Å². The van der Waals surface area contributed by atoms with Gasteiger partial charge < -0.3 is 9.47 Å². The molecule has 4 nitrogen and oxygen atoms in total. The van der Waals surface area contributed by atoms with Gasteiger partial charge in [-0.25, -0.2) is 0 Å². The highest BCUT2D eigenvalue weighted by atomic mass is 79.9. The van der Waals surface area contributed by atoms with E-state index in [-0.39, 0.29) is 11.7 Å². The predicted octanol–water partition coefficient (Wildman–Crippen LogP) is 6.94. The van der Waals surface area contributed by atoms with Crippen molar-refractivity contribution in [2.45, 2.75) is 37.6 Å². The van der Waals surface area contributed by atoms with E-state index in [4.69, 9.17) is 9.47 Å². The molecular weight excluding hydrogens is 514 g/mol. The van der Waals surface area contributed by atoms with Gasteiger partial charge in [0.25, 0.3) is 0 Å². The minimum Gasteiger partial charge on any atom is -0.493 e. The molecule has 1 unspecified atom stereocenters. The van der Waals surface area contributed by atoms with Crippen molar-refractivity contribution in [1.29, 1.82) is 0 Å². The fourth-order valence-electron chi connectivity index (χ4n) is 5.28. The van der Waals surface area contributed by atoms with Crippen LogP contribution >= 0.6 is 15.9 Å². The minimum absolute atomic E-state index is 0.109. The summed E-state index contributed by atoms with van der Waals surface area (Å²) in [7, 11) is 3.26. The lowest BCUT2D eigenvalue weighted by molar-refractivity contribution is 0.0895. The number of halogens is 1. The van der Waals surface area contributed by atoms with E-state index in [9.17, 15) is 4.79 Å². The SMILES string of the molecule is BrCc1ccccc1.COc1cc2c(cc1OC)C(=O)C(CC1CCN(Cc3ccccc3)CC1)C2. The Kier molecular flexibility index (Phi) is 9.60. The smallest absolute Gasteiger partial charge is 0.166 e. The topological polar surface area (TPSA) is 38.8 Å². The van der Waals surface area contributed by atoms with Crippen LogP contribution in [0.25, 0.3) is 0 Å². The van der Waals surface area contributed by atoms with Crippen molar-refractivity contribution in [2.24, 2.45) is 11.8 Å². The number of piperidine rings is 1. The molecule has 0 aromatic heterocycles. The number of ether oxygens (including phenoxy) is 2. The van der Waals surface area contributed by atoms with Crippen LogP contribution in [0.5, 0.6) is 11.5 Å². The molecule has 1 saturated heterocycles. The number of likely N-dealkylation sites (tertiary alicyclic amines) is 1. The van der Waals surface area contributed by atoms with E-state index in [1.165, 1.54) is 24.0 Å². The molecule has 0 amide bonds. The lowest BCUT2D eigenvalue weighted by Gasteiger charge is -2.32. The zero-order chi connectivity index (χ0) is 25.3. The van der Waals surface area contributed by atoms with E-state index in [2.05, 4.69) is 63.3 Å². The van der Waals surface area contributed by atoms with E-state index in [1.807, 2.05) is 30.3 Å².